The zero-order valence-corrected chi connectivity index (χ0v) is 14.8. The second-order valence-corrected chi connectivity index (χ2v) is 6.94. The smallest absolute Gasteiger partial charge is 0.222 e. The van der Waals surface area contributed by atoms with Gasteiger partial charge in [-0.1, -0.05) is 36.8 Å². The highest BCUT2D eigenvalue weighted by atomic mass is 35.5. The van der Waals surface area contributed by atoms with Crippen LogP contribution in [0.3, 0.4) is 0 Å². The predicted octanol–water partition coefficient (Wildman–Crippen LogP) is 3.05. The third-order valence-corrected chi connectivity index (χ3v) is 5.43. The topological polar surface area (TPSA) is 63.4 Å². The quantitative estimate of drug-likeness (QED) is 0.849. The molecule has 2 N–H and O–H groups in total. The molecule has 2 atom stereocenters. The molecular weight excluding hydrogens is 324 g/mol. The van der Waals surface area contributed by atoms with Crippen molar-refractivity contribution < 1.29 is 9.59 Å². The molecular formula is C19H27ClN2O2. The average Bonchev–Trinajstić information content (AvgIpc) is 3.00. The molecule has 0 spiro atoms. The number of likely N-dealkylation sites (tertiary alicyclic amines) is 1. The number of carbonyl (C=O) groups is 2. The highest BCUT2D eigenvalue weighted by molar-refractivity contribution is 5.98. The summed E-state index contributed by atoms with van der Waals surface area (Å²) in [4.78, 5) is 26.8. The number of nitrogens with zero attached hydrogens (tertiary/aromatic N) is 1. The van der Waals surface area contributed by atoms with Crippen molar-refractivity contribution >= 4 is 24.1 Å². The number of amides is 1. The molecule has 24 heavy (non-hydrogen) atoms. The first kappa shape index (κ1) is 18.9. The fraction of sp³-hybridized carbons (Fsp3) is 0.579. The molecule has 132 valence electrons. The molecule has 5 heteroatoms. The lowest BCUT2D eigenvalue weighted by molar-refractivity contribution is -0.133. The molecule has 1 aliphatic heterocycles. The van der Waals surface area contributed by atoms with Crippen LogP contribution in [0, 0.1) is 11.8 Å². The van der Waals surface area contributed by atoms with Gasteiger partial charge in [0.25, 0.3) is 0 Å². The second kappa shape index (κ2) is 8.63. The van der Waals surface area contributed by atoms with Gasteiger partial charge in [0.2, 0.25) is 5.91 Å². The van der Waals surface area contributed by atoms with Gasteiger partial charge in [-0.3, -0.25) is 9.59 Å². The molecule has 1 heterocycles. The number of carbonyl (C=O) groups excluding carboxylic acids is 2. The Morgan fingerprint density at radius 1 is 1.04 bits per heavy atom. The van der Waals surface area contributed by atoms with Crippen LogP contribution in [0.25, 0.3) is 0 Å². The summed E-state index contributed by atoms with van der Waals surface area (Å²) in [6.45, 7) is 1.40. The Morgan fingerprint density at radius 3 is 2.29 bits per heavy atom. The lowest BCUT2D eigenvalue weighted by Gasteiger charge is -2.32. The number of hydrogen-bond acceptors (Lipinski definition) is 3. The van der Waals surface area contributed by atoms with E-state index >= 15 is 0 Å². The highest BCUT2D eigenvalue weighted by Gasteiger charge is 2.31. The number of Topliss-reactive ketones (excluding diaryl/α,β-unsaturated/α-hetero) is 1. The van der Waals surface area contributed by atoms with Crippen molar-refractivity contribution in [3.63, 3.8) is 0 Å². The maximum Gasteiger partial charge on any atom is 0.222 e. The van der Waals surface area contributed by atoms with Crippen molar-refractivity contribution in [1.82, 2.24) is 4.90 Å². The molecule has 1 aliphatic carbocycles. The molecule has 4 nitrogen and oxygen atoms in total. The standard InChI is InChI=1S/C19H26N2O2.ClH/c20-17-8-4-7-16(17)13-18(22)21-11-9-15(10-12-21)19(23)14-5-2-1-3-6-14;/h1-3,5-6,15-17H,4,7-13,20H2;1H/t16-,17+;/m0./s1. The van der Waals surface area contributed by atoms with E-state index in [9.17, 15) is 9.59 Å². The van der Waals surface area contributed by atoms with Gasteiger partial charge in [-0.25, -0.2) is 0 Å². The van der Waals surface area contributed by atoms with E-state index in [1.807, 2.05) is 35.2 Å². The molecule has 2 aliphatic rings. The number of ketones is 1. The largest absolute Gasteiger partial charge is 0.343 e. The SMILES string of the molecule is Cl.N[C@@H]1CCC[C@H]1CC(=O)N1CCC(C(=O)c2ccccc2)CC1. The molecule has 1 aromatic rings. The Labute approximate surface area is 150 Å². The third-order valence-electron chi connectivity index (χ3n) is 5.43. The van der Waals surface area contributed by atoms with E-state index in [1.54, 1.807) is 0 Å². The number of piperidine rings is 1. The Balaban J connectivity index is 0.00000208. The Hall–Kier alpha value is -1.39. The molecule has 1 amide bonds. The van der Waals surface area contributed by atoms with Crippen LogP contribution in [0.1, 0.15) is 48.9 Å². The lowest BCUT2D eigenvalue weighted by Crippen LogP contribution is -2.41. The first-order valence-electron chi connectivity index (χ1n) is 8.78. The van der Waals surface area contributed by atoms with Crippen LogP contribution in [-0.2, 0) is 4.79 Å². The molecule has 2 fully saturated rings. The maximum absolute atomic E-state index is 12.5. The number of nitrogens with two attached hydrogens (primary N) is 1. The van der Waals surface area contributed by atoms with Crippen LogP contribution in [-0.4, -0.2) is 35.7 Å². The molecule has 1 saturated carbocycles. The first-order valence-corrected chi connectivity index (χ1v) is 8.78. The summed E-state index contributed by atoms with van der Waals surface area (Å²) in [5.74, 6) is 0.842. The zero-order valence-electron chi connectivity index (χ0n) is 14.0. The van der Waals surface area contributed by atoms with Gasteiger partial charge in [-0.15, -0.1) is 12.4 Å². The summed E-state index contributed by atoms with van der Waals surface area (Å²) < 4.78 is 0. The first-order chi connectivity index (χ1) is 11.1. The van der Waals surface area contributed by atoms with Gasteiger partial charge >= 0.3 is 0 Å². The summed E-state index contributed by atoms with van der Waals surface area (Å²) in [6, 6.07) is 9.67. The summed E-state index contributed by atoms with van der Waals surface area (Å²) in [5, 5.41) is 0. The number of hydrogen-bond donors (Lipinski definition) is 1. The van der Waals surface area contributed by atoms with E-state index in [-0.39, 0.29) is 36.1 Å². The van der Waals surface area contributed by atoms with Gasteiger partial charge in [-0.2, -0.15) is 0 Å². The van der Waals surface area contributed by atoms with Crippen molar-refractivity contribution in [3.05, 3.63) is 35.9 Å². The van der Waals surface area contributed by atoms with E-state index in [1.165, 1.54) is 0 Å². The van der Waals surface area contributed by atoms with Gasteiger partial charge < -0.3 is 10.6 Å². The lowest BCUT2D eigenvalue weighted by atomic mass is 9.88. The van der Waals surface area contributed by atoms with E-state index in [2.05, 4.69) is 0 Å². The van der Waals surface area contributed by atoms with Crippen molar-refractivity contribution in [2.45, 2.75) is 44.6 Å². The van der Waals surface area contributed by atoms with Gasteiger partial charge in [0.05, 0.1) is 0 Å². The molecule has 1 aromatic carbocycles. The van der Waals surface area contributed by atoms with Gasteiger partial charge in [0.15, 0.2) is 5.78 Å². The Bertz CT molecular complexity index is 556. The molecule has 0 aromatic heterocycles. The molecule has 3 rings (SSSR count). The molecule has 1 saturated heterocycles. The summed E-state index contributed by atoms with van der Waals surface area (Å²) >= 11 is 0. The summed E-state index contributed by atoms with van der Waals surface area (Å²) in [7, 11) is 0. The van der Waals surface area contributed by atoms with Gasteiger partial charge in [0.1, 0.15) is 0 Å². The van der Waals surface area contributed by atoms with Crippen LogP contribution in [0.2, 0.25) is 0 Å². The maximum atomic E-state index is 12.5. The van der Waals surface area contributed by atoms with Crippen molar-refractivity contribution in [2.24, 2.45) is 17.6 Å². The minimum absolute atomic E-state index is 0. The number of benzene rings is 1. The van der Waals surface area contributed by atoms with Crippen LogP contribution >= 0.6 is 12.4 Å². The minimum atomic E-state index is 0. The second-order valence-electron chi connectivity index (χ2n) is 6.94. The molecule has 0 radical (unpaired) electrons. The van der Waals surface area contributed by atoms with Crippen molar-refractivity contribution in [1.29, 1.82) is 0 Å². The average molecular weight is 351 g/mol. The fourth-order valence-corrected chi connectivity index (χ4v) is 3.90. The number of halogens is 1. The fourth-order valence-electron chi connectivity index (χ4n) is 3.90. The monoisotopic (exact) mass is 350 g/mol. The van der Waals surface area contributed by atoms with Crippen LogP contribution in [0.4, 0.5) is 0 Å². The number of rotatable bonds is 4. The zero-order chi connectivity index (χ0) is 16.2. The summed E-state index contributed by atoms with van der Waals surface area (Å²) in [6.07, 6.45) is 5.40. The minimum Gasteiger partial charge on any atom is -0.343 e. The van der Waals surface area contributed by atoms with E-state index in [0.717, 1.165) is 37.7 Å². The Kier molecular flexibility index (Phi) is 6.81. The van der Waals surface area contributed by atoms with Crippen LogP contribution in [0.5, 0.6) is 0 Å². The Morgan fingerprint density at radius 2 is 1.71 bits per heavy atom. The molecule has 0 bridgehead atoms. The molecule has 0 unspecified atom stereocenters. The normalized spacial score (nSPS) is 24.5. The highest BCUT2D eigenvalue weighted by Crippen LogP contribution is 2.28. The van der Waals surface area contributed by atoms with Crippen molar-refractivity contribution in [2.75, 3.05) is 13.1 Å². The summed E-state index contributed by atoms with van der Waals surface area (Å²) in [5.41, 5.74) is 6.85. The van der Waals surface area contributed by atoms with E-state index in [0.29, 0.717) is 25.4 Å². The van der Waals surface area contributed by atoms with Gasteiger partial charge in [-0.05, 0) is 31.6 Å². The predicted molar refractivity (Wildman–Crippen MR) is 97.3 cm³/mol. The van der Waals surface area contributed by atoms with E-state index in [4.69, 9.17) is 5.73 Å². The third kappa shape index (κ3) is 4.37. The van der Waals surface area contributed by atoms with E-state index < -0.39 is 0 Å². The van der Waals surface area contributed by atoms with Crippen molar-refractivity contribution in [3.8, 4) is 0 Å². The van der Waals surface area contributed by atoms with Crippen LogP contribution < -0.4 is 5.73 Å². The van der Waals surface area contributed by atoms with Crippen LogP contribution in [0.15, 0.2) is 30.3 Å². The van der Waals surface area contributed by atoms with Gasteiger partial charge in [0, 0.05) is 37.0 Å².